The van der Waals surface area contributed by atoms with Gasteiger partial charge in [0.1, 0.15) is 6.10 Å². The Morgan fingerprint density at radius 2 is 1.92 bits per heavy atom. The molecule has 2 bridgehead atoms. The van der Waals surface area contributed by atoms with E-state index < -0.39 is 17.8 Å². The first-order valence-electron chi connectivity index (χ1n) is 7.77. The van der Waals surface area contributed by atoms with E-state index in [1.807, 2.05) is 0 Å². The molecule has 1 aromatic carbocycles. The first-order chi connectivity index (χ1) is 11.5. The van der Waals surface area contributed by atoms with E-state index in [1.54, 1.807) is 24.3 Å². The molecule has 1 heterocycles. The smallest absolute Gasteiger partial charge is 0.310 e. The summed E-state index contributed by atoms with van der Waals surface area (Å²) in [5.41, 5.74) is 0.484. The quantitative estimate of drug-likeness (QED) is 0.395. The Bertz CT molecular complexity index is 716. The summed E-state index contributed by atoms with van der Waals surface area (Å²) in [5, 5.41) is 0. The van der Waals surface area contributed by atoms with Crippen LogP contribution in [0, 0.1) is 23.7 Å². The van der Waals surface area contributed by atoms with E-state index in [0.717, 1.165) is 10.9 Å². The number of carbonyl (C=O) groups excluding carboxylic acids is 3. The van der Waals surface area contributed by atoms with Crippen molar-refractivity contribution in [1.82, 2.24) is 0 Å². The van der Waals surface area contributed by atoms with Crippen LogP contribution in [0.1, 0.15) is 16.8 Å². The Kier molecular flexibility index (Phi) is 4.03. The Labute approximate surface area is 155 Å². The van der Waals surface area contributed by atoms with Gasteiger partial charge < -0.3 is 9.47 Å². The van der Waals surface area contributed by atoms with Crippen molar-refractivity contribution in [2.45, 2.75) is 17.4 Å². The highest BCUT2D eigenvalue weighted by atomic mass is 79.9. The molecule has 1 aliphatic heterocycles. The highest BCUT2D eigenvalue weighted by Crippen LogP contribution is 2.60. The molecule has 5 nitrogen and oxygen atoms in total. The zero-order valence-electron chi connectivity index (χ0n) is 12.5. The number of ketones is 1. The highest BCUT2D eigenvalue weighted by molar-refractivity contribution is 9.10. The lowest BCUT2D eigenvalue weighted by atomic mass is 9.80. The third-order valence-electron chi connectivity index (χ3n) is 5.31. The number of esters is 2. The molecule has 0 aromatic heterocycles. The van der Waals surface area contributed by atoms with Crippen molar-refractivity contribution < 1.29 is 23.9 Å². The number of rotatable bonds is 4. The van der Waals surface area contributed by atoms with Gasteiger partial charge in [0, 0.05) is 16.0 Å². The van der Waals surface area contributed by atoms with Crippen molar-refractivity contribution in [1.29, 1.82) is 0 Å². The number of benzene rings is 1. The molecule has 126 valence electrons. The minimum atomic E-state index is -0.511. The maximum Gasteiger partial charge on any atom is 0.310 e. The summed E-state index contributed by atoms with van der Waals surface area (Å²) in [4.78, 5) is 36.6. The summed E-state index contributed by atoms with van der Waals surface area (Å²) < 4.78 is 11.5. The van der Waals surface area contributed by atoms with E-state index in [-0.39, 0.29) is 41.1 Å². The van der Waals surface area contributed by atoms with Gasteiger partial charge in [0.05, 0.1) is 16.7 Å². The molecule has 1 aromatic rings. The fourth-order valence-corrected chi connectivity index (χ4v) is 5.56. The van der Waals surface area contributed by atoms with Crippen molar-refractivity contribution in [3.05, 3.63) is 34.3 Å². The van der Waals surface area contributed by atoms with Gasteiger partial charge in [-0.15, -0.1) is 0 Å². The second-order valence-corrected chi connectivity index (χ2v) is 8.47. The van der Waals surface area contributed by atoms with Gasteiger partial charge in [-0.25, -0.2) is 0 Å². The number of carbonyl (C=O) groups is 3. The topological polar surface area (TPSA) is 69.7 Å². The molecule has 2 aliphatic carbocycles. The van der Waals surface area contributed by atoms with E-state index in [0.29, 0.717) is 5.56 Å². The molecule has 24 heavy (non-hydrogen) atoms. The van der Waals surface area contributed by atoms with Crippen LogP contribution in [0.3, 0.4) is 0 Å². The summed E-state index contributed by atoms with van der Waals surface area (Å²) in [6.45, 7) is -0.313. The van der Waals surface area contributed by atoms with Crippen LogP contribution in [0.5, 0.6) is 0 Å². The van der Waals surface area contributed by atoms with Crippen LogP contribution in [0.25, 0.3) is 0 Å². The van der Waals surface area contributed by atoms with Gasteiger partial charge in [0.2, 0.25) is 0 Å². The standard InChI is InChI=1S/C17H14Br2O5/c18-8-3-1-7(2-4-8)11(20)6-23-16(21)12-9-5-10-13(12)17(22)24-15(10)14(9)19/h1-4,9-10,12-15H,5-6H2/t9-,10-,12-,13+,14-,15+/m1/s1. The number of alkyl halides is 1. The molecule has 3 fully saturated rings. The lowest BCUT2D eigenvalue weighted by Crippen LogP contribution is -2.39. The van der Waals surface area contributed by atoms with Gasteiger partial charge >= 0.3 is 11.9 Å². The summed E-state index contributed by atoms with van der Waals surface area (Å²) >= 11 is 6.86. The molecular formula is C17H14Br2O5. The SMILES string of the molecule is O=C(COC(=O)[C@@H]1[C@H]2C[C@H]3[C@H](OC(=O)[C@@H]31)[C@@H]2Br)c1ccc(Br)cc1. The minimum Gasteiger partial charge on any atom is -0.461 e. The molecule has 1 saturated heterocycles. The van der Waals surface area contributed by atoms with Crippen molar-refractivity contribution in [2.75, 3.05) is 6.61 Å². The zero-order valence-corrected chi connectivity index (χ0v) is 15.7. The first kappa shape index (κ1) is 16.3. The molecule has 0 spiro atoms. The second-order valence-electron chi connectivity index (χ2n) is 6.50. The number of ether oxygens (including phenoxy) is 2. The fourth-order valence-electron chi connectivity index (χ4n) is 4.25. The molecule has 3 aliphatic rings. The van der Waals surface area contributed by atoms with Gasteiger partial charge in [-0.3, -0.25) is 14.4 Å². The molecule has 7 heteroatoms. The average Bonchev–Trinajstić information content (AvgIpc) is 3.17. The molecule has 0 unspecified atom stereocenters. The van der Waals surface area contributed by atoms with Crippen LogP contribution in [-0.2, 0) is 19.1 Å². The summed E-state index contributed by atoms with van der Waals surface area (Å²) in [6, 6.07) is 6.86. The maximum atomic E-state index is 12.5. The van der Waals surface area contributed by atoms with Crippen LogP contribution in [0.4, 0.5) is 0 Å². The molecule has 0 N–H and O–H groups in total. The number of Topliss-reactive ketones (excluding diaryl/α,β-unsaturated/α-hetero) is 1. The molecule has 2 saturated carbocycles. The molecule has 6 atom stereocenters. The summed E-state index contributed by atoms with van der Waals surface area (Å²) in [7, 11) is 0. The number of halogens is 2. The van der Waals surface area contributed by atoms with E-state index >= 15 is 0 Å². The van der Waals surface area contributed by atoms with Gasteiger partial charge in [0.15, 0.2) is 12.4 Å². The fraction of sp³-hybridized carbons (Fsp3) is 0.471. The van der Waals surface area contributed by atoms with Crippen LogP contribution in [0.15, 0.2) is 28.7 Å². The van der Waals surface area contributed by atoms with E-state index in [2.05, 4.69) is 31.9 Å². The number of fused-ring (bicyclic) bond motifs is 1. The lowest BCUT2D eigenvalue weighted by molar-refractivity contribution is -0.154. The Morgan fingerprint density at radius 3 is 2.62 bits per heavy atom. The molecule has 0 amide bonds. The van der Waals surface area contributed by atoms with Crippen LogP contribution < -0.4 is 0 Å². The zero-order chi connectivity index (χ0) is 17.0. The molecule has 0 radical (unpaired) electrons. The predicted octanol–water partition coefficient (Wildman–Crippen LogP) is 2.75. The van der Waals surface area contributed by atoms with Crippen molar-refractivity contribution in [2.24, 2.45) is 23.7 Å². The van der Waals surface area contributed by atoms with Gasteiger partial charge in [-0.1, -0.05) is 44.0 Å². The minimum absolute atomic E-state index is 0.00933. The second kappa shape index (κ2) is 5.95. The third kappa shape index (κ3) is 2.44. The van der Waals surface area contributed by atoms with Gasteiger partial charge in [-0.2, -0.15) is 0 Å². The maximum absolute atomic E-state index is 12.5. The third-order valence-corrected chi connectivity index (χ3v) is 7.04. The molecular weight excluding hydrogens is 444 g/mol. The Balaban J connectivity index is 1.43. The number of hydrogen-bond acceptors (Lipinski definition) is 5. The van der Waals surface area contributed by atoms with Crippen LogP contribution in [-0.4, -0.2) is 35.3 Å². The van der Waals surface area contributed by atoms with Crippen LogP contribution in [0.2, 0.25) is 0 Å². The Hall–Kier alpha value is -1.21. The van der Waals surface area contributed by atoms with Gasteiger partial charge in [0.25, 0.3) is 0 Å². The van der Waals surface area contributed by atoms with Crippen molar-refractivity contribution in [3.8, 4) is 0 Å². The first-order valence-corrected chi connectivity index (χ1v) is 9.48. The van der Waals surface area contributed by atoms with Crippen LogP contribution >= 0.6 is 31.9 Å². The highest BCUT2D eigenvalue weighted by Gasteiger charge is 2.68. The van der Waals surface area contributed by atoms with Gasteiger partial charge in [-0.05, 0) is 24.5 Å². The predicted molar refractivity (Wildman–Crippen MR) is 90.6 cm³/mol. The van der Waals surface area contributed by atoms with E-state index in [1.165, 1.54) is 0 Å². The molecule has 4 rings (SSSR count). The number of hydrogen-bond donors (Lipinski definition) is 0. The van der Waals surface area contributed by atoms with E-state index in [4.69, 9.17) is 9.47 Å². The summed E-state index contributed by atoms with van der Waals surface area (Å²) in [5.74, 6) is -1.85. The monoisotopic (exact) mass is 456 g/mol. The van der Waals surface area contributed by atoms with E-state index in [9.17, 15) is 14.4 Å². The Morgan fingerprint density at radius 1 is 1.21 bits per heavy atom. The van der Waals surface area contributed by atoms with Crippen molar-refractivity contribution >= 4 is 49.6 Å². The normalized spacial score (nSPS) is 35.8. The largest absolute Gasteiger partial charge is 0.461 e. The average molecular weight is 458 g/mol. The lowest BCUT2D eigenvalue weighted by Gasteiger charge is -2.26. The summed E-state index contributed by atoms with van der Waals surface area (Å²) in [6.07, 6.45) is 0.665. The van der Waals surface area contributed by atoms with Crippen molar-refractivity contribution in [3.63, 3.8) is 0 Å².